The predicted molar refractivity (Wildman–Crippen MR) is 57.0 cm³/mol. The Morgan fingerprint density at radius 1 is 1.25 bits per heavy atom. The normalized spacial score (nSPS) is 10.2. The fraction of sp³-hybridized carbons (Fsp3) is 0.364. The standard InChI is InChI=1S/C11H14F2N2O/c12-9-4-3-8(7-10(9)13)11(16)15-6-2-1-5-14/h3-4,7H,1-2,5-6,14H2,(H,15,16). The summed E-state index contributed by atoms with van der Waals surface area (Å²) in [7, 11) is 0. The summed E-state index contributed by atoms with van der Waals surface area (Å²) in [5.74, 6) is -2.38. The van der Waals surface area contributed by atoms with Crippen LogP contribution in [0.2, 0.25) is 0 Å². The van der Waals surface area contributed by atoms with Crippen molar-refractivity contribution in [3.63, 3.8) is 0 Å². The minimum absolute atomic E-state index is 0.117. The molecule has 0 saturated heterocycles. The van der Waals surface area contributed by atoms with Gasteiger partial charge in [0.1, 0.15) is 0 Å². The summed E-state index contributed by atoms with van der Waals surface area (Å²) in [6, 6.07) is 3.06. The maximum absolute atomic E-state index is 12.8. The third kappa shape index (κ3) is 3.58. The molecular weight excluding hydrogens is 214 g/mol. The molecule has 5 heteroatoms. The van der Waals surface area contributed by atoms with Crippen molar-refractivity contribution in [3.8, 4) is 0 Å². The van der Waals surface area contributed by atoms with Gasteiger partial charge in [0.05, 0.1) is 0 Å². The van der Waals surface area contributed by atoms with Gasteiger partial charge in [-0.3, -0.25) is 4.79 Å². The number of nitrogens with two attached hydrogens (primary N) is 1. The highest BCUT2D eigenvalue weighted by molar-refractivity contribution is 5.94. The lowest BCUT2D eigenvalue weighted by molar-refractivity contribution is 0.0952. The Kier molecular flexibility index (Phi) is 4.85. The number of carbonyl (C=O) groups excluding carboxylic acids is 1. The zero-order chi connectivity index (χ0) is 12.0. The number of benzene rings is 1. The average Bonchev–Trinajstić information content (AvgIpc) is 2.28. The molecule has 16 heavy (non-hydrogen) atoms. The van der Waals surface area contributed by atoms with Gasteiger partial charge in [-0.25, -0.2) is 8.78 Å². The van der Waals surface area contributed by atoms with E-state index in [1.54, 1.807) is 0 Å². The zero-order valence-electron chi connectivity index (χ0n) is 8.80. The van der Waals surface area contributed by atoms with Crippen LogP contribution >= 0.6 is 0 Å². The lowest BCUT2D eigenvalue weighted by Crippen LogP contribution is -2.25. The van der Waals surface area contributed by atoms with Gasteiger partial charge in [0.2, 0.25) is 0 Å². The average molecular weight is 228 g/mol. The first-order valence-corrected chi connectivity index (χ1v) is 5.08. The van der Waals surface area contributed by atoms with Crippen LogP contribution in [-0.2, 0) is 0 Å². The Balaban J connectivity index is 2.50. The first-order valence-electron chi connectivity index (χ1n) is 5.08. The Bertz CT molecular complexity index is 369. The molecule has 0 heterocycles. The molecule has 0 unspecified atom stereocenters. The minimum atomic E-state index is -1.02. The van der Waals surface area contributed by atoms with E-state index in [2.05, 4.69) is 5.32 Å². The van der Waals surface area contributed by atoms with Crippen LogP contribution in [0.1, 0.15) is 23.2 Å². The molecule has 88 valence electrons. The van der Waals surface area contributed by atoms with E-state index in [0.29, 0.717) is 13.1 Å². The first kappa shape index (κ1) is 12.6. The van der Waals surface area contributed by atoms with Crippen molar-refractivity contribution in [2.75, 3.05) is 13.1 Å². The lowest BCUT2D eigenvalue weighted by Gasteiger charge is -2.04. The largest absolute Gasteiger partial charge is 0.352 e. The SMILES string of the molecule is NCCCCNC(=O)c1ccc(F)c(F)c1. The van der Waals surface area contributed by atoms with Crippen LogP contribution in [-0.4, -0.2) is 19.0 Å². The summed E-state index contributed by atoms with van der Waals surface area (Å²) in [5, 5.41) is 2.60. The molecule has 0 aliphatic carbocycles. The highest BCUT2D eigenvalue weighted by atomic mass is 19.2. The molecule has 0 radical (unpaired) electrons. The van der Waals surface area contributed by atoms with Gasteiger partial charge in [-0.05, 0) is 37.6 Å². The molecule has 0 atom stereocenters. The van der Waals surface area contributed by atoms with E-state index in [4.69, 9.17) is 5.73 Å². The second-order valence-electron chi connectivity index (χ2n) is 3.38. The number of carbonyl (C=O) groups is 1. The summed E-state index contributed by atoms with van der Waals surface area (Å²) in [4.78, 5) is 11.4. The molecule has 0 saturated carbocycles. The molecule has 0 aliphatic rings. The Labute approximate surface area is 92.6 Å². The number of amides is 1. The molecule has 0 fully saturated rings. The lowest BCUT2D eigenvalue weighted by atomic mass is 10.2. The Morgan fingerprint density at radius 2 is 2.00 bits per heavy atom. The fourth-order valence-electron chi connectivity index (χ4n) is 1.21. The highest BCUT2D eigenvalue weighted by Gasteiger charge is 2.08. The van der Waals surface area contributed by atoms with E-state index in [0.717, 1.165) is 25.0 Å². The Morgan fingerprint density at radius 3 is 2.62 bits per heavy atom. The molecule has 0 spiro atoms. The van der Waals surface area contributed by atoms with Gasteiger partial charge in [-0.15, -0.1) is 0 Å². The summed E-state index contributed by atoms with van der Waals surface area (Å²) >= 11 is 0. The number of halogens is 2. The maximum atomic E-state index is 12.8. The van der Waals surface area contributed by atoms with Gasteiger partial charge in [0.25, 0.3) is 5.91 Å². The zero-order valence-corrected chi connectivity index (χ0v) is 8.80. The van der Waals surface area contributed by atoms with Crippen LogP contribution < -0.4 is 11.1 Å². The van der Waals surface area contributed by atoms with Crippen LogP contribution in [0.3, 0.4) is 0 Å². The van der Waals surface area contributed by atoms with Gasteiger partial charge >= 0.3 is 0 Å². The number of nitrogens with one attached hydrogen (secondary N) is 1. The van der Waals surface area contributed by atoms with Crippen LogP contribution in [0.15, 0.2) is 18.2 Å². The van der Waals surface area contributed by atoms with Gasteiger partial charge in [-0.2, -0.15) is 0 Å². The minimum Gasteiger partial charge on any atom is -0.352 e. The van der Waals surface area contributed by atoms with Gasteiger partial charge in [0.15, 0.2) is 11.6 Å². The molecule has 1 amide bonds. The molecule has 0 aromatic heterocycles. The van der Waals surface area contributed by atoms with E-state index in [1.165, 1.54) is 6.07 Å². The highest BCUT2D eigenvalue weighted by Crippen LogP contribution is 2.08. The molecule has 3 N–H and O–H groups in total. The summed E-state index contributed by atoms with van der Waals surface area (Å²) < 4.78 is 25.4. The van der Waals surface area contributed by atoms with E-state index in [-0.39, 0.29) is 5.56 Å². The predicted octanol–water partition coefficient (Wildman–Crippen LogP) is 1.43. The van der Waals surface area contributed by atoms with Crippen LogP contribution in [0, 0.1) is 11.6 Å². The number of hydrogen-bond acceptors (Lipinski definition) is 2. The topological polar surface area (TPSA) is 55.1 Å². The monoisotopic (exact) mass is 228 g/mol. The summed E-state index contributed by atoms with van der Waals surface area (Å²) in [6.45, 7) is 1.05. The van der Waals surface area contributed by atoms with Crippen molar-refractivity contribution < 1.29 is 13.6 Å². The smallest absolute Gasteiger partial charge is 0.251 e. The van der Waals surface area contributed by atoms with E-state index < -0.39 is 17.5 Å². The van der Waals surface area contributed by atoms with Crippen molar-refractivity contribution in [1.82, 2.24) is 5.32 Å². The molecule has 3 nitrogen and oxygen atoms in total. The number of rotatable bonds is 5. The van der Waals surface area contributed by atoms with E-state index in [9.17, 15) is 13.6 Å². The quantitative estimate of drug-likeness (QED) is 0.749. The molecule has 1 rings (SSSR count). The second-order valence-corrected chi connectivity index (χ2v) is 3.38. The van der Waals surface area contributed by atoms with Crippen molar-refractivity contribution in [3.05, 3.63) is 35.4 Å². The van der Waals surface area contributed by atoms with Crippen molar-refractivity contribution in [1.29, 1.82) is 0 Å². The number of hydrogen-bond donors (Lipinski definition) is 2. The van der Waals surface area contributed by atoms with Gasteiger partial charge in [-0.1, -0.05) is 0 Å². The summed E-state index contributed by atoms with van der Waals surface area (Å²) in [5.41, 5.74) is 5.41. The first-order chi connectivity index (χ1) is 7.65. The van der Waals surface area contributed by atoms with Crippen molar-refractivity contribution in [2.24, 2.45) is 5.73 Å². The molecule has 0 bridgehead atoms. The van der Waals surface area contributed by atoms with Crippen molar-refractivity contribution in [2.45, 2.75) is 12.8 Å². The molecule has 1 aromatic carbocycles. The third-order valence-corrected chi connectivity index (χ3v) is 2.10. The third-order valence-electron chi connectivity index (χ3n) is 2.10. The van der Waals surface area contributed by atoms with Crippen molar-refractivity contribution >= 4 is 5.91 Å². The molecular formula is C11H14F2N2O. The second kappa shape index (κ2) is 6.17. The van der Waals surface area contributed by atoms with Crippen LogP contribution in [0.25, 0.3) is 0 Å². The van der Waals surface area contributed by atoms with E-state index in [1.807, 2.05) is 0 Å². The molecule has 1 aromatic rings. The maximum Gasteiger partial charge on any atom is 0.251 e. The van der Waals surface area contributed by atoms with Gasteiger partial charge in [0, 0.05) is 12.1 Å². The number of unbranched alkanes of at least 4 members (excludes halogenated alkanes) is 1. The fourth-order valence-corrected chi connectivity index (χ4v) is 1.21. The van der Waals surface area contributed by atoms with Gasteiger partial charge < -0.3 is 11.1 Å². The van der Waals surface area contributed by atoms with Crippen LogP contribution in [0.5, 0.6) is 0 Å². The summed E-state index contributed by atoms with van der Waals surface area (Å²) in [6.07, 6.45) is 1.59. The Hall–Kier alpha value is -1.49. The van der Waals surface area contributed by atoms with Crippen LogP contribution in [0.4, 0.5) is 8.78 Å². The molecule has 0 aliphatic heterocycles. The van der Waals surface area contributed by atoms with E-state index >= 15 is 0 Å².